The second-order valence-electron chi connectivity index (χ2n) is 9.57. The van der Waals surface area contributed by atoms with Gasteiger partial charge in [0, 0.05) is 24.7 Å². The molecular formula is C22H28O4. The zero-order valence-corrected chi connectivity index (χ0v) is 15.2. The first-order valence-electron chi connectivity index (χ1n) is 10.5. The van der Waals surface area contributed by atoms with Crippen LogP contribution in [0.5, 0.6) is 5.75 Å². The van der Waals surface area contributed by atoms with Crippen LogP contribution in [-0.4, -0.2) is 16.7 Å². The molecule has 5 aliphatic carbocycles. The van der Waals surface area contributed by atoms with Crippen molar-refractivity contribution in [3.05, 3.63) is 29.8 Å². The van der Waals surface area contributed by atoms with Gasteiger partial charge in [-0.25, -0.2) is 0 Å². The van der Waals surface area contributed by atoms with Crippen LogP contribution in [0.2, 0.25) is 0 Å². The minimum absolute atomic E-state index is 0.354. The maximum Gasteiger partial charge on any atom is 0.210 e. The molecule has 1 saturated heterocycles. The highest BCUT2D eigenvalue weighted by Gasteiger charge is 2.66. The quantitative estimate of drug-likeness (QED) is 0.729. The van der Waals surface area contributed by atoms with Gasteiger partial charge in [0.05, 0.1) is 0 Å². The topological polar surface area (TPSA) is 47.9 Å². The fourth-order valence-electron chi connectivity index (χ4n) is 6.96. The predicted octanol–water partition coefficient (Wildman–Crippen LogP) is 4.88. The molecule has 4 bridgehead atoms. The van der Waals surface area contributed by atoms with Gasteiger partial charge >= 0.3 is 0 Å². The Kier molecular flexibility index (Phi) is 3.34. The summed E-state index contributed by atoms with van der Waals surface area (Å²) in [7, 11) is 0. The maximum atomic E-state index is 9.76. The molecule has 0 aromatic heterocycles. The molecule has 1 heterocycles. The van der Waals surface area contributed by atoms with Gasteiger partial charge in [0.15, 0.2) is 0 Å². The average molecular weight is 356 g/mol. The van der Waals surface area contributed by atoms with Crippen molar-refractivity contribution >= 4 is 0 Å². The maximum absolute atomic E-state index is 9.76. The summed E-state index contributed by atoms with van der Waals surface area (Å²) in [6.07, 6.45) is 10.3. The van der Waals surface area contributed by atoms with E-state index >= 15 is 0 Å². The Morgan fingerprint density at radius 3 is 2.23 bits per heavy atom. The molecule has 7 rings (SSSR count). The largest absolute Gasteiger partial charge is 0.508 e. The molecule has 1 aromatic carbocycles. The second-order valence-corrected chi connectivity index (χ2v) is 9.57. The lowest BCUT2D eigenvalue weighted by atomic mass is 9.53. The molecule has 4 nitrogen and oxygen atoms in total. The van der Waals surface area contributed by atoms with Gasteiger partial charge in [-0.15, -0.1) is 0 Å². The Morgan fingerprint density at radius 2 is 1.58 bits per heavy atom. The van der Waals surface area contributed by atoms with Crippen LogP contribution in [0.15, 0.2) is 24.3 Å². The molecule has 1 N–H and O–H groups in total. The lowest BCUT2D eigenvalue weighted by Gasteiger charge is -2.57. The third-order valence-corrected chi connectivity index (χ3v) is 8.03. The highest BCUT2D eigenvalue weighted by atomic mass is 17.3. The van der Waals surface area contributed by atoms with E-state index < -0.39 is 11.6 Å². The van der Waals surface area contributed by atoms with Crippen LogP contribution in [0, 0.1) is 23.7 Å². The molecule has 1 aliphatic heterocycles. The average Bonchev–Trinajstić information content (AvgIpc) is 3.00. The molecule has 0 radical (unpaired) electrons. The SMILES string of the molecule is Oc1cccc(C2CCC3(CC2)OOC2(O3)C3CC4CC(C3)CC2C4)c1. The van der Waals surface area contributed by atoms with Crippen molar-refractivity contribution in [1.29, 1.82) is 0 Å². The molecular weight excluding hydrogens is 328 g/mol. The van der Waals surface area contributed by atoms with Crippen molar-refractivity contribution < 1.29 is 19.6 Å². The van der Waals surface area contributed by atoms with Gasteiger partial charge in [0.2, 0.25) is 11.6 Å². The Labute approximate surface area is 154 Å². The molecule has 0 atom stereocenters. The summed E-state index contributed by atoms with van der Waals surface area (Å²) in [5.41, 5.74) is 1.23. The molecule has 140 valence electrons. The number of benzene rings is 1. The Balaban J connectivity index is 1.19. The summed E-state index contributed by atoms with van der Waals surface area (Å²) in [5.74, 6) is 2.68. The lowest BCUT2D eigenvalue weighted by molar-refractivity contribution is -0.390. The van der Waals surface area contributed by atoms with Gasteiger partial charge in [-0.3, -0.25) is 0 Å². The standard InChI is InChI=1S/C22H28O4/c23-20-3-1-2-17(13-20)16-4-6-21(7-5-16)24-22(26-25-21)18-9-14-8-15(11-18)12-19(22)10-14/h1-3,13-16,18-19,23H,4-12H2. The normalized spacial score (nSPS) is 49.3. The summed E-state index contributed by atoms with van der Waals surface area (Å²) in [6, 6.07) is 7.69. The minimum atomic E-state index is -0.539. The molecule has 1 aromatic rings. The van der Waals surface area contributed by atoms with Crippen molar-refractivity contribution in [3.63, 3.8) is 0 Å². The van der Waals surface area contributed by atoms with E-state index in [-0.39, 0.29) is 0 Å². The summed E-state index contributed by atoms with van der Waals surface area (Å²) in [5, 5.41) is 9.76. The molecule has 6 aliphatic rings. The molecule has 5 saturated carbocycles. The summed E-state index contributed by atoms with van der Waals surface area (Å²) in [4.78, 5) is 12.1. The minimum Gasteiger partial charge on any atom is -0.508 e. The number of aromatic hydroxyl groups is 1. The van der Waals surface area contributed by atoms with Crippen LogP contribution in [0.3, 0.4) is 0 Å². The van der Waals surface area contributed by atoms with Gasteiger partial charge in [-0.1, -0.05) is 12.1 Å². The Hall–Kier alpha value is -1.10. The zero-order valence-electron chi connectivity index (χ0n) is 15.2. The van der Waals surface area contributed by atoms with Crippen LogP contribution in [-0.2, 0) is 14.5 Å². The number of phenolic OH excluding ortho intramolecular Hbond substituents is 1. The van der Waals surface area contributed by atoms with E-state index in [4.69, 9.17) is 14.5 Å². The van der Waals surface area contributed by atoms with Crippen LogP contribution >= 0.6 is 0 Å². The van der Waals surface area contributed by atoms with Crippen molar-refractivity contribution in [1.82, 2.24) is 0 Å². The molecule has 0 amide bonds. The highest BCUT2D eigenvalue weighted by Crippen LogP contribution is 2.64. The number of hydrogen-bond donors (Lipinski definition) is 1. The van der Waals surface area contributed by atoms with E-state index in [9.17, 15) is 5.11 Å². The third kappa shape index (κ3) is 2.25. The fourth-order valence-corrected chi connectivity index (χ4v) is 6.96. The predicted molar refractivity (Wildman–Crippen MR) is 95.1 cm³/mol. The van der Waals surface area contributed by atoms with Gasteiger partial charge in [0.25, 0.3) is 0 Å². The van der Waals surface area contributed by atoms with E-state index in [1.807, 2.05) is 12.1 Å². The van der Waals surface area contributed by atoms with E-state index in [1.165, 1.54) is 37.7 Å². The first kappa shape index (κ1) is 15.9. The first-order valence-corrected chi connectivity index (χ1v) is 10.5. The fraction of sp³-hybridized carbons (Fsp3) is 0.727. The molecule has 0 unspecified atom stereocenters. The number of phenols is 1. The van der Waals surface area contributed by atoms with Crippen LogP contribution < -0.4 is 0 Å². The van der Waals surface area contributed by atoms with Crippen LogP contribution in [0.4, 0.5) is 0 Å². The Morgan fingerprint density at radius 1 is 0.885 bits per heavy atom. The van der Waals surface area contributed by atoms with Crippen molar-refractivity contribution in [2.45, 2.75) is 75.3 Å². The molecule has 6 fully saturated rings. The molecule has 4 heteroatoms. The highest BCUT2D eigenvalue weighted by molar-refractivity contribution is 5.30. The monoisotopic (exact) mass is 356 g/mol. The van der Waals surface area contributed by atoms with Crippen molar-refractivity contribution in [3.8, 4) is 5.75 Å². The second kappa shape index (κ2) is 5.46. The van der Waals surface area contributed by atoms with Gasteiger partial charge in [-0.2, -0.15) is 9.78 Å². The van der Waals surface area contributed by atoms with Gasteiger partial charge < -0.3 is 9.84 Å². The zero-order chi connectivity index (χ0) is 17.4. The molecule has 26 heavy (non-hydrogen) atoms. The number of rotatable bonds is 1. The lowest BCUT2D eigenvalue weighted by Crippen LogP contribution is -2.59. The number of hydrogen-bond acceptors (Lipinski definition) is 4. The van der Waals surface area contributed by atoms with E-state index in [0.29, 0.717) is 23.5 Å². The Bertz CT molecular complexity index is 678. The van der Waals surface area contributed by atoms with Gasteiger partial charge in [-0.05, 0) is 80.4 Å². The smallest absolute Gasteiger partial charge is 0.210 e. The van der Waals surface area contributed by atoms with E-state index in [2.05, 4.69) is 6.07 Å². The number of ether oxygens (including phenoxy) is 1. The summed E-state index contributed by atoms with van der Waals surface area (Å²) < 4.78 is 6.77. The summed E-state index contributed by atoms with van der Waals surface area (Å²) >= 11 is 0. The van der Waals surface area contributed by atoms with Crippen molar-refractivity contribution in [2.75, 3.05) is 0 Å². The van der Waals surface area contributed by atoms with E-state index in [0.717, 1.165) is 37.5 Å². The third-order valence-electron chi connectivity index (χ3n) is 8.03. The van der Waals surface area contributed by atoms with E-state index in [1.54, 1.807) is 6.07 Å². The molecule has 2 spiro atoms. The first-order chi connectivity index (χ1) is 12.6. The van der Waals surface area contributed by atoms with Gasteiger partial charge in [0.1, 0.15) is 5.75 Å². The van der Waals surface area contributed by atoms with Crippen LogP contribution in [0.25, 0.3) is 0 Å². The summed E-state index contributed by atoms with van der Waals surface area (Å²) in [6.45, 7) is 0. The van der Waals surface area contributed by atoms with Crippen LogP contribution in [0.1, 0.15) is 69.3 Å². The van der Waals surface area contributed by atoms with Crippen molar-refractivity contribution in [2.24, 2.45) is 23.7 Å².